The molecule has 1 saturated heterocycles. The van der Waals surface area contributed by atoms with Crippen LogP contribution in [0.2, 0.25) is 0 Å². The molecule has 5 rings (SSSR count). The maximum Gasteiger partial charge on any atom is 0.573 e. The Morgan fingerprint density at radius 1 is 1.10 bits per heavy atom. The topological polar surface area (TPSA) is 64.4 Å². The number of ketones is 1. The zero-order valence-electron chi connectivity index (χ0n) is 26.7. The van der Waals surface area contributed by atoms with Crippen molar-refractivity contribution in [3.8, 4) is 22.7 Å². The molecule has 0 bridgehead atoms. The minimum atomic E-state index is -4.75. The minimum Gasteiger partial charge on any atom is -0.406 e. The summed E-state index contributed by atoms with van der Waals surface area (Å²) in [7, 11) is 0. The number of hydrogen-bond acceptors (Lipinski definition) is 5. The number of carbonyl (C=O) groups excluding carboxylic acids is 2. The molecule has 10 heteroatoms. The number of amides is 1. The third-order valence-electron chi connectivity index (χ3n) is 7.55. The molecule has 2 heterocycles. The van der Waals surface area contributed by atoms with Gasteiger partial charge in [-0.25, -0.2) is 4.98 Å². The molecule has 1 amide bonds. The molecule has 48 heavy (non-hydrogen) atoms. The molecule has 3 aromatic carbocycles. The molecule has 6 nitrogen and oxygen atoms in total. The number of nitrogens with zero attached hydrogens (tertiary/aromatic N) is 3. The summed E-state index contributed by atoms with van der Waals surface area (Å²) >= 11 is 1.46. The molecule has 0 radical (unpaired) electrons. The number of aryl methyl sites for hydroxylation is 1. The zero-order valence-corrected chi connectivity index (χ0v) is 27.5. The lowest BCUT2D eigenvalue weighted by Gasteiger charge is -2.23. The van der Waals surface area contributed by atoms with Gasteiger partial charge in [-0.1, -0.05) is 80.8 Å². The molecule has 0 atom stereocenters. The van der Waals surface area contributed by atoms with Gasteiger partial charge in [0.05, 0.1) is 28.5 Å². The normalized spacial score (nSPS) is 14.6. The van der Waals surface area contributed by atoms with E-state index in [-0.39, 0.29) is 31.2 Å². The smallest absolute Gasteiger partial charge is 0.406 e. The summed E-state index contributed by atoms with van der Waals surface area (Å²) in [5.41, 5.74) is 6.91. The van der Waals surface area contributed by atoms with Crippen LogP contribution in [0.15, 0.2) is 109 Å². The molecular formula is C38H36F3N3O3S. The summed E-state index contributed by atoms with van der Waals surface area (Å²) < 4.78 is 43.0. The highest BCUT2D eigenvalue weighted by Gasteiger charge is 2.31. The fraction of sp³-hybridized carbons (Fsp3) is 0.184. The third kappa shape index (κ3) is 8.43. The van der Waals surface area contributed by atoms with Gasteiger partial charge in [0.2, 0.25) is 5.91 Å². The summed E-state index contributed by atoms with van der Waals surface area (Å²) in [5, 5.41) is 0.793. The van der Waals surface area contributed by atoms with Crippen molar-refractivity contribution in [3.05, 3.63) is 131 Å². The van der Waals surface area contributed by atoms with E-state index in [4.69, 9.17) is 0 Å². The lowest BCUT2D eigenvalue weighted by atomic mass is 9.98. The molecule has 1 aromatic heterocycles. The van der Waals surface area contributed by atoms with Gasteiger partial charge in [0.1, 0.15) is 5.75 Å². The van der Waals surface area contributed by atoms with Gasteiger partial charge < -0.3 is 9.30 Å². The highest BCUT2D eigenvalue weighted by Crippen LogP contribution is 2.38. The quantitative estimate of drug-likeness (QED) is 0.149. The molecule has 0 N–H and O–H groups in total. The average Bonchev–Trinajstić information content (AvgIpc) is 3.67. The fourth-order valence-corrected chi connectivity index (χ4v) is 6.11. The van der Waals surface area contributed by atoms with E-state index in [1.165, 1.54) is 42.1 Å². The van der Waals surface area contributed by atoms with Crippen LogP contribution in [0, 0.1) is 6.92 Å². The number of anilines is 1. The van der Waals surface area contributed by atoms with Crippen molar-refractivity contribution in [2.24, 2.45) is 0 Å². The van der Waals surface area contributed by atoms with E-state index in [2.05, 4.69) is 42.3 Å². The second-order valence-electron chi connectivity index (χ2n) is 11.4. The van der Waals surface area contributed by atoms with Crippen molar-refractivity contribution in [2.75, 3.05) is 10.7 Å². The summed E-state index contributed by atoms with van der Waals surface area (Å²) in [6.07, 6.45) is 9.22. The van der Waals surface area contributed by atoms with Gasteiger partial charge in [0.25, 0.3) is 0 Å². The Morgan fingerprint density at radius 2 is 1.88 bits per heavy atom. The van der Waals surface area contributed by atoms with Crippen molar-refractivity contribution in [2.45, 2.75) is 39.5 Å². The number of carbonyl (C=O) groups is 2. The van der Waals surface area contributed by atoms with Gasteiger partial charge >= 0.3 is 6.36 Å². The van der Waals surface area contributed by atoms with Crippen LogP contribution in [0.1, 0.15) is 49.9 Å². The van der Waals surface area contributed by atoms with Crippen LogP contribution in [-0.2, 0) is 9.59 Å². The molecule has 0 aliphatic carbocycles. The zero-order chi connectivity index (χ0) is 34.4. The Labute approximate surface area is 283 Å². The van der Waals surface area contributed by atoms with Gasteiger partial charge in [-0.3, -0.25) is 14.5 Å². The van der Waals surface area contributed by atoms with E-state index >= 15 is 0 Å². The number of thioether (sulfide) groups is 1. The van der Waals surface area contributed by atoms with Gasteiger partial charge in [-0.05, 0) is 83.6 Å². The van der Waals surface area contributed by atoms with E-state index in [9.17, 15) is 22.8 Å². The van der Waals surface area contributed by atoms with Crippen LogP contribution in [0.25, 0.3) is 29.1 Å². The minimum absolute atomic E-state index is 0. The second-order valence-corrected chi connectivity index (χ2v) is 12.4. The number of hydrogen-bond donors (Lipinski definition) is 0. The van der Waals surface area contributed by atoms with Crippen LogP contribution < -0.4 is 9.64 Å². The maximum atomic E-state index is 12.8. The molecule has 1 aliphatic rings. The van der Waals surface area contributed by atoms with Gasteiger partial charge in [-0.15, -0.1) is 13.2 Å². The Bertz CT molecular complexity index is 1930. The van der Waals surface area contributed by atoms with Crippen molar-refractivity contribution in [3.63, 3.8) is 0 Å². The van der Waals surface area contributed by atoms with Crippen molar-refractivity contribution in [1.82, 2.24) is 9.55 Å². The molecular weight excluding hydrogens is 635 g/mol. The second kappa shape index (κ2) is 14.8. The van der Waals surface area contributed by atoms with Crippen molar-refractivity contribution < 1.29 is 28.9 Å². The molecule has 0 spiro atoms. The first-order chi connectivity index (χ1) is 22.9. The largest absolute Gasteiger partial charge is 0.573 e. The summed E-state index contributed by atoms with van der Waals surface area (Å²) in [5.74, 6) is 0.249. The van der Waals surface area contributed by atoms with E-state index in [1.54, 1.807) is 40.2 Å². The van der Waals surface area contributed by atoms with Crippen LogP contribution in [-0.4, -0.2) is 33.4 Å². The van der Waals surface area contributed by atoms with E-state index in [0.29, 0.717) is 17.1 Å². The Kier molecular flexibility index (Phi) is 10.5. The van der Waals surface area contributed by atoms with Crippen molar-refractivity contribution in [1.29, 1.82) is 0 Å². The van der Waals surface area contributed by atoms with Crippen LogP contribution in [0.4, 0.5) is 18.9 Å². The predicted octanol–water partition coefficient (Wildman–Crippen LogP) is 9.91. The third-order valence-corrected chi connectivity index (χ3v) is 8.56. The lowest BCUT2D eigenvalue weighted by molar-refractivity contribution is -0.274. The molecule has 1 aliphatic heterocycles. The van der Waals surface area contributed by atoms with Crippen molar-refractivity contribution >= 4 is 41.3 Å². The predicted molar refractivity (Wildman–Crippen MR) is 189 cm³/mol. The molecule has 1 fully saturated rings. The standard InChI is InChI=1S/C38H34F3N3O3S.H2/c1-5-27-21-29(34-22-43(24-42-34)30-15-17-32(18-16-30)47-38(39,40)41)14-13-28(27)8-6-9-31(45)10-7-11-37-44(36(46)23-48-37)35-20-26(4)12-19-33(35)25(2)3;/h5-8,10-22,24-25H,1,9,23H2,2-4H3;1H/b8-6+,10-7+,37-11?;. The van der Waals surface area contributed by atoms with Crippen LogP contribution >= 0.6 is 11.8 Å². The fourth-order valence-electron chi connectivity index (χ4n) is 5.20. The van der Waals surface area contributed by atoms with E-state index in [0.717, 1.165) is 38.5 Å². The summed E-state index contributed by atoms with van der Waals surface area (Å²) in [6.45, 7) is 10.1. The monoisotopic (exact) mass is 671 g/mol. The SMILES string of the molecule is C=Cc1cc(-c2cn(-c3ccc(OC(F)(F)F)cc3)cn2)ccc1/C=C/CC(=O)/C=C/C=C1SCC(=O)N1c1cc(C)ccc1C(C)C.[HH]. The van der Waals surface area contributed by atoms with Gasteiger partial charge in [-0.2, -0.15) is 0 Å². The van der Waals surface area contributed by atoms with Gasteiger partial charge in [0.15, 0.2) is 5.78 Å². The lowest BCUT2D eigenvalue weighted by Crippen LogP contribution is -2.25. The number of benzene rings is 3. The number of imidazole rings is 1. The number of aromatic nitrogens is 2. The maximum absolute atomic E-state index is 12.8. The Balaban J connectivity index is 0.00000541. The summed E-state index contributed by atoms with van der Waals surface area (Å²) in [6, 6.07) is 17.4. The molecule has 0 saturated carbocycles. The van der Waals surface area contributed by atoms with Crippen LogP contribution in [0.5, 0.6) is 5.75 Å². The van der Waals surface area contributed by atoms with E-state index < -0.39 is 6.36 Å². The van der Waals surface area contributed by atoms with E-state index in [1.807, 2.05) is 43.3 Å². The Hall–Kier alpha value is -5.09. The first-order valence-electron chi connectivity index (χ1n) is 15.2. The first-order valence-corrected chi connectivity index (χ1v) is 16.2. The number of halogens is 3. The first kappa shape index (κ1) is 34.3. The molecule has 4 aromatic rings. The van der Waals surface area contributed by atoms with Gasteiger partial charge in [0, 0.05) is 25.3 Å². The highest BCUT2D eigenvalue weighted by atomic mass is 32.2. The number of alkyl halides is 3. The Morgan fingerprint density at radius 3 is 2.58 bits per heavy atom. The number of allylic oxidation sites excluding steroid dienone is 4. The van der Waals surface area contributed by atoms with Crippen LogP contribution in [0.3, 0.4) is 0 Å². The number of rotatable bonds is 11. The number of ether oxygens (including phenoxy) is 1. The molecule has 0 unspecified atom stereocenters. The molecule has 248 valence electrons. The average molecular weight is 672 g/mol. The summed E-state index contributed by atoms with van der Waals surface area (Å²) in [4.78, 5) is 31.7. The highest BCUT2D eigenvalue weighted by molar-refractivity contribution is 8.04.